The van der Waals surface area contributed by atoms with E-state index in [-0.39, 0.29) is 17.8 Å². The highest BCUT2D eigenvalue weighted by atomic mass is 19.1. The zero-order valence-corrected chi connectivity index (χ0v) is 11.3. The summed E-state index contributed by atoms with van der Waals surface area (Å²) in [7, 11) is 0. The first-order chi connectivity index (χ1) is 9.99. The van der Waals surface area contributed by atoms with Crippen LogP contribution in [-0.4, -0.2) is 28.8 Å². The van der Waals surface area contributed by atoms with Crippen molar-refractivity contribution in [1.82, 2.24) is 5.32 Å². The molecule has 0 heterocycles. The van der Waals surface area contributed by atoms with Crippen molar-refractivity contribution in [1.29, 1.82) is 0 Å². The summed E-state index contributed by atoms with van der Waals surface area (Å²) in [6.45, 7) is 0. The molecule has 0 aromatic heterocycles. The van der Waals surface area contributed by atoms with Crippen LogP contribution >= 0.6 is 0 Å². The number of rotatable bonds is 4. The molecule has 6 heteroatoms. The molecule has 1 saturated carbocycles. The summed E-state index contributed by atoms with van der Waals surface area (Å²) in [6.07, 6.45) is 1.75. The number of carboxylic acids is 1. The second-order valence-corrected chi connectivity index (χ2v) is 5.16. The molecule has 5 nitrogen and oxygen atoms in total. The minimum atomic E-state index is -1.21. The average Bonchev–Trinajstić information content (AvgIpc) is 2.44. The van der Waals surface area contributed by atoms with Crippen LogP contribution in [-0.2, 0) is 9.59 Å². The number of aliphatic carboxylic acids is 1. The fraction of sp³-hybridized carbons (Fsp3) is 0.400. The number of nitrogens with one attached hydrogen (secondary N) is 1. The molecule has 2 atom stereocenters. The normalized spacial score (nSPS) is 19.9. The van der Waals surface area contributed by atoms with Gasteiger partial charge in [0.05, 0.1) is 5.56 Å². The fourth-order valence-corrected chi connectivity index (χ4v) is 2.59. The van der Waals surface area contributed by atoms with Crippen LogP contribution in [0.1, 0.15) is 36.0 Å². The number of hydrogen-bond acceptors (Lipinski definition) is 3. The number of hydrogen-bond donors (Lipinski definition) is 2. The Morgan fingerprint density at radius 2 is 2.05 bits per heavy atom. The van der Waals surface area contributed by atoms with Crippen LogP contribution in [0.25, 0.3) is 0 Å². The van der Waals surface area contributed by atoms with Crippen molar-refractivity contribution < 1.29 is 23.9 Å². The molecule has 1 aromatic rings. The van der Waals surface area contributed by atoms with Crippen molar-refractivity contribution in [2.24, 2.45) is 5.92 Å². The van der Waals surface area contributed by atoms with Crippen molar-refractivity contribution in [3.63, 3.8) is 0 Å². The Hall–Kier alpha value is -2.24. The van der Waals surface area contributed by atoms with Gasteiger partial charge in [0.25, 0.3) is 5.91 Å². The van der Waals surface area contributed by atoms with Gasteiger partial charge in [0, 0.05) is 12.8 Å². The van der Waals surface area contributed by atoms with Gasteiger partial charge in [0.1, 0.15) is 17.6 Å². The van der Waals surface area contributed by atoms with Gasteiger partial charge in [-0.25, -0.2) is 9.18 Å². The van der Waals surface area contributed by atoms with Crippen LogP contribution in [0.4, 0.5) is 4.39 Å². The van der Waals surface area contributed by atoms with Gasteiger partial charge in [-0.1, -0.05) is 12.1 Å². The Balaban J connectivity index is 2.13. The summed E-state index contributed by atoms with van der Waals surface area (Å²) in [4.78, 5) is 34.8. The maximum Gasteiger partial charge on any atom is 0.326 e. The predicted molar refractivity (Wildman–Crippen MR) is 72.3 cm³/mol. The van der Waals surface area contributed by atoms with E-state index in [1.165, 1.54) is 18.2 Å². The number of halogens is 1. The molecule has 1 aromatic carbocycles. The van der Waals surface area contributed by atoms with Crippen LogP contribution < -0.4 is 5.32 Å². The van der Waals surface area contributed by atoms with E-state index < -0.39 is 29.7 Å². The summed E-state index contributed by atoms with van der Waals surface area (Å²) in [5, 5.41) is 11.6. The highest BCUT2D eigenvalue weighted by Gasteiger charge is 2.33. The molecule has 112 valence electrons. The quantitative estimate of drug-likeness (QED) is 0.886. The minimum Gasteiger partial charge on any atom is -0.480 e. The minimum absolute atomic E-state index is 0.00218. The van der Waals surface area contributed by atoms with E-state index in [0.717, 1.165) is 6.07 Å². The molecule has 0 bridgehead atoms. The second kappa shape index (κ2) is 6.47. The monoisotopic (exact) mass is 293 g/mol. The molecule has 21 heavy (non-hydrogen) atoms. The fourth-order valence-electron chi connectivity index (χ4n) is 2.59. The first kappa shape index (κ1) is 15.2. The molecular formula is C15H16FNO4. The molecule has 0 unspecified atom stereocenters. The van der Waals surface area contributed by atoms with E-state index >= 15 is 0 Å². The molecule has 0 aliphatic heterocycles. The van der Waals surface area contributed by atoms with Crippen molar-refractivity contribution in [3.8, 4) is 0 Å². The van der Waals surface area contributed by atoms with E-state index in [1.807, 2.05) is 0 Å². The third kappa shape index (κ3) is 3.65. The molecule has 1 aliphatic carbocycles. The lowest BCUT2D eigenvalue weighted by Crippen LogP contribution is -2.47. The van der Waals surface area contributed by atoms with Gasteiger partial charge in [-0.2, -0.15) is 0 Å². The number of carbonyl (C=O) groups excluding carboxylic acids is 2. The predicted octanol–water partition coefficient (Wildman–Crippen LogP) is 1.77. The SMILES string of the molecule is O=C1CCC[C@@H]([C@H](NC(=O)c2ccccc2F)C(=O)O)C1. The van der Waals surface area contributed by atoms with Gasteiger partial charge in [-0.15, -0.1) is 0 Å². The van der Waals surface area contributed by atoms with Crippen molar-refractivity contribution in [3.05, 3.63) is 35.6 Å². The molecule has 1 aliphatic rings. The Morgan fingerprint density at radius 1 is 1.33 bits per heavy atom. The summed E-state index contributed by atoms with van der Waals surface area (Å²) in [5.74, 6) is -3.14. The second-order valence-electron chi connectivity index (χ2n) is 5.16. The first-order valence-electron chi connectivity index (χ1n) is 6.79. The van der Waals surface area contributed by atoms with Crippen LogP contribution in [0.15, 0.2) is 24.3 Å². The lowest BCUT2D eigenvalue weighted by Gasteiger charge is -2.27. The van der Waals surface area contributed by atoms with Gasteiger partial charge < -0.3 is 10.4 Å². The van der Waals surface area contributed by atoms with Crippen molar-refractivity contribution >= 4 is 17.7 Å². The highest BCUT2D eigenvalue weighted by Crippen LogP contribution is 2.25. The Bertz CT molecular complexity index is 573. The molecule has 1 amide bonds. The van der Waals surface area contributed by atoms with Crippen molar-refractivity contribution in [2.45, 2.75) is 31.7 Å². The van der Waals surface area contributed by atoms with E-state index in [1.54, 1.807) is 0 Å². The number of amides is 1. The van der Waals surface area contributed by atoms with Crippen LogP contribution in [0, 0.1) is 11.7 Å². The Labute approximate surface area is 121 Å². The first-order valence-corrected chi connectivity index (χ1v) is 6.79. The average molecular weight is 293 g/mol. The third-order valence-corrected chi connectivity index (χ3v) is 3.66. The zero-order valence-electron chi connectivity index (χ0n) is 11.3. The molecule has 2 N–H and O–H groups in total. The van der Waals surface area contributed by atoms with Crippen LogP contribution in [0.2, 0.25) is 0 Å². The lowest BCUT2D eigenvalue weighted by molar-refractivity contribution is -0.141. The topological polar surface area (TPSA) is 83.5 Å². The number of Topliss-reactive ketones (excluding diaryl/α,β-unsaturated/α-hetero) is 1. The summed E-state index contributed by atoms with van der Waals surface area (Å²) < 4.78 is 13.5. The van der Waals surface area contributed by atoms with Gasteiger partial charge in [0.15, 0.2) is 0 Å². The van der Waals surface area contributed by atoms with Gasteiger partial charge >= 0.3 is 5.97 Å². The smallest absolute Gasteiger partial charge is 0.326 e. The van der Waals surface area contributed by atoms with E-state index in [4.69, 9.17) is 0 Å². The molecule has 1 fully saturated rings. The van der Waals surface area contributed by atoms with E-state index in [9.17, 15) is 23.9 Å². The number of ketones is 1. The standard InChI is InChI=1S/C15H16FNO4/c16-12-7-2-1-6-11(12)14(19)17-13(15(20)21)9-4-3-5-10(18)8-9/h1-2,6-7,9,13H,3-5,8H2,(H,17,19)(H,20,21)/t9-,13+/m1/s1. The summed E-state index contributed by atoms with van der Waals surface area (Å²) in [6, 6.07) is 4.18. The van der Waals surface area contributed by atoms with Crippen LogP contribution in [0.3, 0.4) is 0 Å². The highest BCUT2D eigenvalue weighted by molar-refractivity contribution is 5.97. The molecule has 0 saturated heterocycles. The molecule has 0 radical (unpaired) electrons. The van der Waals surface area contributed by atoms with Crippen molar-refractivity contribution in [2.75, 3.05) is 0 Å². The van der Waals surface area contributed by atoms with Crippen LogP contribution in [0.5, 0.6) is 0 Å². The molecule has 0 spiro atoms. The largest absolute Gasteiger partial charge is 0.480 e. The summed E-state index contributed by atoms with van der Waals surface area (Å²) >= 11 is 0. The molecule has 2 rings (SSSR count). The number of carbonyl (C=O) groups is 3. The number of carboxylic acid groups (broad SMARTS) is 1. The molecular weight excluding hydrogens is 277 g/mol. The zero-order chi connectivity index (χ0) is 15.4. The van der Waals surface area contributed by atoms with Gasteiger partial charge in [-0.3, -0.25) is 9.59 Å². The maximum absolute atomic E-state index is 13.5. The number of benzene rings is 1. The Kier molecular flexibility index (Phi) is 4.67. The van der Waals surface area contributed by atoms with Gasteiger partial charge in [0.2, 0.25) is 0 Å². The maximum atomic E-state index is 13.5. The van der Waals surface area contributed by atoms with E-state index in [2.05, 4.69) is 5.32 Å². The van der Waals surface area contributed by atoms with Gasteiger partial charge in [-0.05, 0) is 30.9 Å². The lowest BCUT2D eigenvalue weighted by atomic mass is 9.83. The summed E-state index contributed by atoms with van der Waals surface area (Å²) in [5.41, 5.74) is -0.203. The Morgan fingerprint density at radius 3 is 2.67 bits per heavy atom. The van der Waals surface area contributed by atoms with E-state index in [0.29, 0.717) is 19.3 Å². The third-order valence-electron chi connectivity index (χ3n) is 3.66.